The highest BCUT2D eigenvalue weighted by atomic mass is 16.4. The van der Waals surface area contributed by atoms with Crippen molar-refractivity contribution in [1.82, 2.24) is 5.32 Å². The van der Waals surface area contributed by atoms with E-state index >= 15 is 0 Å². The second-order valence-corrected chi connectivity index (χ2v) is 4.53. The molecule has 3 N–H and O–H groups in total. The number of aliphatic carboxylic acids is 1. The number of hydrogen-bond acceptors (Lipinski definition) is 3. The van der Waals surface area contributed by atoms with Gasteiger partial charge in [0.15, 0.2) is 0 Å². The van der Waals surface area contributed by atoms with Gasteiger partial charge < -0.3 is 15.5 Å². The smallest absolute Gasteiger partial charge is 0.328 e. The number of hydrogen-bond donors (Lipinski definition) is 3. The molecule has 5 nitrogen and oxygen atoms in total. The van der Waals surface area contributed by atoms with E-state index in [1.165, 1.54) is 0 Å². The molecule has 0 unspecified atom stereocenters. The van der Waals surface area contributed by atoms with Crippen molar-refractivity contribution < 1.29 is 19.8 Å². The second kappa shape index (κ2) is 6.39. The molecule has 0 radical (unpaired) electrons. The van der Waals surface area contributed by atoms with Gasteiger partial charge in [-0.1, -0.05) is 25.7 Å². The minimum atomic E-state index is -1.16. The Morgan fingerprint density at radius 1 is 1.12 bits per heavy atom. The minimum absolute atomic E-state index is 0.190. The van der Waals surface area contributed by atoms with E-state index in [1.807, 2.05) is 0 Å². The lowest BCUT2D eigenvalue weighted by Crippen LogP contribution is -2.42. The SMILES string of the molecule is O=C(O)C=CC(=O)NCC1(O)CCCCCC1. The van der Waals surface area contributed by atoms with Crippen LogP contribution in [0, 0.1) is 0 Å². The summed E-state index contributed by atoms with van der Waals surface area (Å²) >= 11 is 0. The molecule has 0 aromatic heterocycles. The summed E-state index contributed by atoms with van der Waals surface area (Å²) in [6.45, 7) is 0.190. The molecule has 1 amide bonds. The molecule has 96 valence electrons. The van der Waals surface area contributed by atoms with Gasteiger partial charge in [-0.3, -0.25) is 4.79 Å². The molecule has 1 aliphatic carbocycles. The monoisotopic (exact) mass is 241 g/mol. The fraction of sp³-hybridized carbons (Fsp3) is 0.667. The van der Waals surface area contributed by atoms with E-state index in [1.54, 1.807) is 0 Å². The van der Waals surface area contributed by atoms with E-state index in [9.17, 15) is 14.7 Å². The van der Waals surface area contributed by atoms with Crippen molar-refractivity contribution in [1.29, 1.82) is 0 Å². The minimum Gasteiger partial charge on any atom is -0.478 e. The molecule has 1 aliphatic rings. The van der Waals surface area contributed by atoms with Crippen LogP contribution in [-0.4, -0.2) is 34.2 Å². The summed E-state index contributed by atoms with van der Waals surface area (Å²) in [6, 6.07) is 0. The Hall–Kier alpha value is -1.36. The van der Waals surface area contributed by atoms with Gasteiger partial charge in [-0.2, -0.15) is 0 Å². The summed E-state index contributed by atoms with van der Waals surface area (Å²) in [5.74, 6) is -1.64. The Bertz CT molecular complexity index is 304. The molecule has 0 aromatic rings. The molecule has 1 rings (SSSR count). The van der Waals surface area contributed by atoms with Gasteiger partial charge in [-0.25, -0.2) is 4.79 Å². The van der Waals surface area contributed by atoms with Gasteiger partial charge in [0.2, 0.25) is 5.91 Å². The Balaban J connectivity index is 2.37. The number of carbonyl (C=O) groups excluding carboxylic acids is 1. The lowest BCUT2D eigenvalue weighted by atomic mass is 9.94. The fourth-order valence-electron chi connectivity index (χ4n) is 2.02. The predicted octanol–water partition coefficient (Wildman–Crippen LogP) is 0.829. The summed E-state index contributed by atoms with van der Waals surface area (Å²) in [5.41, 5.74) is -0.830. The quantitative estimate of drug-likeness (QED) is 0.502. The van der Waals surface area contributed by atoms with Crippen LogP contribution in [-0.2, 0) is 9.59 Å². The number of rotatable bonds is 4. The van der Waals surface area contributed by atoms with E-state index < -0.39 is 17.5 Å². The number of amides is 1. The van der Waals surface area contributed by atoms with Crippen LogP contribution in [0.15, 0.2) is 12.2 Å². The largest absolute Gasteiger partial charge is 0.478 e. The molecule has 0 saturated heterocycles. The maximum Gasteiger partial charge on any atom is 0.328 e. The molecule has 0 atom stereocenters. The molecule has 0 heterocycles. The third-order valence-electron chi connectivity index (χ3n) is 3.00. The molecule has 17 heavy (non-hydrogen) atoms. The van der Waals surface area contributed by atoms with Crippen molar-refractivity contribution in [2.45, 2.75) is 44.1 Å². The molecule has 0 aromatic carbocycles. The summed E-state index contributed by atoms with van der Waals surface area (Å²) in [7, 11) is 0. The van der Waals surface area contributed by atoms with Crippen molar-refractivity contribution in [3.8, 4) is 0 Å². The Morgan fingerprint density at radius 2 is 1.71 bits per heavy atom. The van der Waals surface area contributed by atoms with Crippen LogP contribution in [0.1, 0.15) is 38.5 Å². The van der Waals surface area contributed by atoms with Gasteiger partial charge in [0.1, 0.15) is 0 Å². The van der Waals surface area contributed by atoms with Gasteiger partial charge in [-0.15, -0.1) is 0 Å². The third-order valence-corrected chi connectivity index (χ3v) is 3.00. The van der Waals surface area contributed by atoms with E-state index in [0.717, 1.165) is 37.8 Å². The number of nitrogens with one attached hydrogen (secondary N) is 1. The number of aliphatic hydroxyl groups is 1. The highest BCUT2D eigenvalue weighted by Gasteiger charge is 2.27. The van der Waals surface area contributed by atoms with Crippen LogP contribution in [0.2, 0.25) is 0 Å². The fourth-order valence-corrected chi connectivity index (χ4v) is 2.02. The van der Waals surface area contributed by atoms with Gasteiger partial charge >= 0.3 is 5.97 Å². The van der Waals surface area contributed by atoms with E-state index in [2.05, 4.69) is 5.32 Å². The van der Waals surface area contributed by atoms with Crippen LogP contribution in [0.4, 0.5) is 0 Å². The summed E-state index contributed by atoms with van der Waals surface area (Å²) in [6.07, 6.45) is 7.31. The number of carboxylic acids is 1. The highest BCUT2D eigenvalue weighted by Crippen LogP contribution is 2.26. The maximum absolute atomic E-state index is 11.2. The van der Waals surface area contributed by atoms with Gasteiger partial charge in [0.05, 0.1) is 5.60 Å². The zero-order chi connectivity index (χ0) is 12.7. The van der Waals surface area contributed by atoms with Crippen molar-refractivity contribution in [2.24, 2.45) is 0 Å². The van der Waals surface area contributed by atoms with Crippen molar-refractivity contribution in [3.63, 3.8) is 0 Å². The van der Waals surface area contributed by atoms with Gasteiger partial charge in [0.25, 0.3) is 0 Å². The zero-order valence-corrected chi connectivity index (χ0v) is 9.82. The van der Waals surface area contributed by atoms with Crippen LogP contribution in [0.25, 0.3) is 0 Å². The van der Waals surface area contributed by atoms with Crippen LogP contribution >= 0.6 is 0 Å². The van der Waals surface area contributed by atoms with Gasteiger partial charge in [-0.05, 0) is 12.8 Å². The Morgan fingerprint density at radius 3 is 2.24 bits per heavy atom. The predicted molar refractivity (Wildman–Crippen MR) is 62.4 cm³/mol. The molecule has 5 heteroatoms. The second-order valence-electron chi connectivity index (χ2n) is 4.53. The van der Waals surface area contributed by atoms with Crippen LogP contribution in [0.3, 0.4) is 0 Å². The number of carboxylic acid groups (broad SMARTS) is 1. The first-order valence-corrected chi connectivity index (χ1v) is 5.93. The maximum atomic E-state index is 11.2. The van der Waals surface area contributed by atoms with E-state index in [-0.39, 0.29) is 6.54 Å². The lowest BCUT2D eigenvalue weighted by molar-refractivity contribution is -0.131. The molecule has 1 fully saturated rings. The molecular formula is C12H19NO4. The molecule has 0 bridgehead atoms. The lowest BCUT2D eigenvalue weighted by Gasteiger charge is -2.26. The van der Waals surface area contributed by atoms with Gasteiger partial charge in [0, 0.05) is 18.7 Å². The highest BCUT2D eigenvalue weighted by molar-refractivity contribution is 5.93. The average molecular weight is 241 g/mol. The first kappa shape index (κ1) is 13.7. The van der Waals surface area contributed by atoms with Crippen molar-refractivity contribution in [2.75, 3.05) is 6.54 Å². The summed E-state index contributed by atoms with van der Waals surface area (Å²) < 4.78 is 0. The first-order chi connectivity index (χ1) is 8.02. The topological polar surface area (TPSA) is 86.6 Å². The molecule has 0 aliphatic heterocycles. The van der Waals surface area contributed by atoms with Crippen molar-refractivity contribution >= 4 is 11.9 Å². The Labute approximate surface area is 101 Å². The number of carbonyl (C=O) groups is 2. The van der Waals surface area contributed by atoms with E-state index in [4.69, 9.17) is 5.11 Å². The van der Waals surface area contributed by atoms with E-state index in [0.29, 0.717) is 12.8 Å². The average Bonchev–Trinajstić information content (AvgIpc) is 2.49. The third kappa shape index (κ3) is 5.49. The van der Waals surface area contributed by atoms with Crippen LogP contribution < -0.4 is 5.32 Å². The normalized spacial score (nSPS) is 19.8. The van der Waals surface area contributed by atoms with Crippen molar-refractivity contribution in [3.05, 3.63) is 12.2 Å². The summed E-state index contributed by atoms with van der Waals surface area (Å²) in [4.78, 5) is 21.4. The zero-order valence-electron chi connectivity index (χ0n) is 9.82. The first-order valence-electron chi connectivity index (χ1n) is 5.93. The molecule has 0 spiro atoms. The Kier molecular flexibility index (Phi) is 5.15. The standard InChI is InChI=1S/C12H19NO4/c14-10(5-6-11(15)16)13-9-12(17)7-3-1-2-4-8-12/h5-6,17H,1-4,7-9H2,(H,13,14)(H,15,16). The molecular weight excluding hydrogens is 222 g/mol. The summed E-state index contributed by atoms with van der Waals surface area (Å²) in [5, 5.41) is 21.1. The van der Waals surface area contributed by atoms with Crippen LogP contribution in [0.5, 0.6) is 0 Å². The molecule has 1 saturated carbocycles.